The molecule has 0 saturated carbocycles. The summed E-state index contributed by atoms with van der Waals surface area (Å²) in [7, 11) is 0. The van der Waals surface area contributed by atoms with Gasteiger partial charge in [0.15, 0.2) is 0 Å². The summed E-state index contributed by atoms with van der Waals surface area (Å²) in [5, 5.41) is 2.67. The quantitative estimate of drug-likeness (QED) is 0.817. The molecule has 0 aliphatic heterocycles. The molecule has 1 aromatic rings. The third-order valence-corrected chi connectivity index (χ3v) is 3.10. The molecular weight excluding hydrogens is 313 g/mol. The molecule has 1 rings (SSSR count). The van der Waals surface area contributed by atoms with Crippen molar-refractivity contribution in [2.75, 3.05) is 13.1 Å². The molecule has 0 fully saturated rings. The van der Waals surface area contributed by atoms with Gasteiger partial charge in [-0.2, -0.15) is 13.2 Å². The molecule has 1 unspecified atom stereocenters. The second kappa shape index (κ2) is 8.39. The Bertz CT molecular complexity index is 426. The van der Waals surface area contributed by atoms with Crippen LogP contribution in [0.5, 0.6) is 0 Å². The Morgan fingerprint density at radius 2 is 1.90 bits per heavy atom. The number of benzene rings is 1. The lowest BCUT2D eigenvalue weighted by Crippen LogP contribution is -2.31. The largest absolute Gasteiger partial charge is 0.446 e. The number of nitrogens with one attached hydrogen (secondary N) is 1. The standard InChI is InChI=1S/C12H15F3N2OS.ClH/c1-8(6-16)7-17-11(18)9-2-4-10(5-3-9)19-12(13,14)15;/h2-5,8H,6-7,16H2,1H3,(H,17,18);1H. The minimum absolute atomic E-state index is 0. The van der Waals surface area contributed by atoms with Crippen molar-refractivity contribution >= 4 is 30.1 Å². The fourth-order valence-corrected chi connectivity index (χ4v) is 1.80. The first-order valence-corrected chi connectivity index (χ1v) is 6.47. The van der Waals surface area contributed by atoms with Gasteiger partial charge in [0.05, 0.1) is 0 Å². The average molecular weight is 329 g/mol. The first kappa shape index (κ1) is 19.1. The first-order valence-electron chi connectivity index (χ1n) is 5.66. The van der Waals surface area contributed by atoms with Crippen LogP contribution < -0.4 is 11.1 Å². The monoisotopic (exact) mass is 328 g/mol. The highest BCUT2D eigenvalue weighted by Gasteiger charge is 2.29. The normalized spacial score (nSPS) is 12.4. The Balaban J connectivity index is 0.00000361. The summed E-state index contributed by atoms with van der Waals surface area (Å²) in [6.45, 7) is 2.79. The van der Waals surface area contributed by atoms with E-state index in [1.165, 1.54) is 24.3 Å². The number of alkyl halides is 3. The van der Waals surface area contributed by atoms with E-state index in [-0.39, 0.29) is 40.9 Å². The second-order valence-electron chi connectivity index (χ2n) is 4.12. The van der Waals surface area contributed by atoms with Crippen molar-refractivity contribution in [1.29, 1.82) is 0 Å². The zero-order valence-electron chi connectivity index (χ0n) is 10.7. The summed E-state index contributed by atoms with van der Waals surface area (Å²) in [6, 6.07) is 5.30. The molecule has 20 heavy (non-hydrogen) atoms. The molecule has 3 N–H and O–H groups in total. The van der Waals surface area contributed by atoms with E-state index in [1.54, 1.807) is 0 Å². The number of hydrogen-bond acceptors (Lipinski definition) is 3. The Morgan fingerprint density at radius 1 is 1.35 bits per heavy atom. The van der Waals surface area contributed by atoms with E-state index in [1.807, 2.05) is 6.92 Å². The number of amides is 1. The van der Waals surface area contributed by atoms with Crippen molar-refractivity contribution < 1.29 is 18.0 Å². The summed E-state index contributed by atoms with van der Waals surface area (Å²) in [4.78, 5) is 11.7. The van der Waals surface area contributed by atoms with Crippen LogP contribution in [-0.2, 0) is 0 Å². The van der Waals surface area contributed by atoms with Crippen molar-refractivity contribution in [2.45, 2.75) is 17.3 Å². The van der Waals surface area contributed by atoms with Gasteiger partial charge in [0, 0.05) is 17.0 Å². The highest BCUT2D eigenvalue weighted by Crippen LogP contribution is 2.36. The van der Waals surface area contributed by atoms with Gasteiger partial charge in [-0.25, -0.2) is 0 Å². The Hall–Kier alpha value is -0.920. The van der Waals surface area contributed by atoms with E-state index < -0.39 is 5.51 Å². The van der Waals surface area contributed by atoms with Gasteiger partial charge in [-0.3, -0.25) is 4.79 Å². The van der Waals surface area contributed by atoms with Gasteiger partial charge in [0.2, 0.25) is 0 Å². The van der Waals surface area contributed by atoms with Crippen LogP contribution in [0.2, 0.25) is 0 Å². The zero-order chi connectivity index (χ0) is 14.5. The molecule has 0 aliphatic rings. The number of nitrogens with two attached hydrogens (primary N) is 1. The van der Waals surface area contributed by atoms with Crippen LogP contribution in [0.15, 0.2) is 29.2 Å². The molecule has 0 radical (unpaired) electrons. The van der Waals surface area contributed by atoms with E-state index >= 15 is 0 Å². The fourth-order valence-electron chi connectivity index (χ4n) is 1.26. The van der Waals surface area contributed by atoms with E-state index in [0.29, 0.717) is 18.7 Å². The SMILES string of the molecule is CC(CN)CNC(=O)c1ccc(SC(F)(F)F)cc1.Cl. The predicted molar refractivity (Wildman–Crippen MR) is 76.2 cm³/mol. The number of carbonyl (C=O) groups excluding carboxylic acids is 1. The van der Waals surface area contributed by atoms with Gasteiger partial charge >= 0.3 is 5.51 Å². The van der Waals surface area contributed by atoms with Gasteiger partial charge in [-0.05, 0) is 48.5 Å². The molecule has 0 saturated heterocycles. The molecule has 1 amide bonds. The smallest absolute Gasteiger partial charge is 0.352 e. The number of thioether (sulfide) groups is 1. The third kappa shape index (κ3) is 7.02. The summed E-state index contributed by atoms with van der Waals surface area (Å²) in [5.41, 5.74) is 1.43. The summed E-state index contributed by atoms with van der Waals surface area (Å²) < 4.78 is 36.4. The minimum Gasteiger partial charge on any atom is -0.352 e. The molecule has 0 aliphatic carbocycles. The predicted octanol–water partition coefficient (Wildman–Crippen LogP) is 3.04. The van der Waals surface area contributed by atoms with Gasteiger partial charge in [-0.15, -0.1) is 12.4 Å². The number of hydrogen-bond donors (Lipinski definition) is 2. The topological polar surface area (TPSA) is 55.1 Å². The van der Waals surface area contributed by atoms with Gasteiger partial charge in [0.1, 0.15) is 0 Å². The highest BCUT2D eigenvalue weighted by atomic mass is 35.5. The molecule has 8 heteroatoms. The molecule has 0 bridgehead atoms. The molecule has 1 aromatic carbocycles. The van der Waals surface area contributed by atoms with E-state index in [0.717, 1.165) is 0 Å². The second-order valence-corrected chi connectivity index (χ2v) is 5.26. The molecule has 114 valence electrons. The lowest BCUT2D eigenvalue weighted by Gasteiger charge is -2.10. The molecule has 1 atom stereocenters. The van der Waals surface area contributed by atoms with Crippen LogP contribution in [0.25, 0.3) is 0 Å². The lowest BCUT2D eigenvalue weighted by molar-refractivity contribution is -0.0328. The van der Waals surface area contributed by atoms with Crippen LogP contribution in [0.1, 0.15) is 17.3 Å². The highest BCUT2D eigenvalue weighted by molar-refractivity contribution is 8.00. The van der Waals surface area contributed by atoms with E-state index in [9.17, 15) is 18.0 Å². The van der Waals surface area contributed by atoms with Crippen LogP contribution in [0.3, 0.4) is 0 Å². The minimum atomic E-state index is -4.32. The van der Waals surface area contributed by atoms with Crippen LogP contribution >= 0.6 is 24.2 Å². The zero-order valence-corrected chi connectivity index (χ0v) is 12.4. The fraction of sp³-hybridized carbons (Fsp3) is 0.417. The van der Waals surface area contributed by atoms with Crippen LogP contribution in [-0.4, -0.2) is 24.5 Å². The molecule has 3 nitrogen and oxygen atoms in total. The maximum Gasteiger partial charge on any atom is 0.446 e. The summed E-state index contributed by atoms with van der Waals surface area (Å²) in [5.74, 6) is -0.159. The maximum absolute atomic E-state index is 12.1. The van der Waals surface area contributed by atoms with Crippen molar-refractivity contribution in [2.24, 2.45) is 11.7 Å². The van der Waals surface area contributed by atoms with Crippen molar-refractivity contribution in [1.82, 2.24) is 5.32 Å². The summed E-state index contributed by atoms with van der Waals surface area (Å²) in [6.07, 6.45) is 0. The summed E-state index contributed by atoms with van der Waals surface area (Å²) >= 11 is -0.205. The first-order chi connectivity index (χ1) is 8.81. The lowest BCUT2D eigenvalue weighted by atomic mass is 10.1. The van der Waals surface area contributed by atoms with Crippen molar-refractivity contribution in [3.05, 3.63) is 29.8 Å². The Kier molecular flexibility index (Phi) is 8.00. The van der Waals surface area contributed by atoms with Gasteiger partial charge in [0.25, 0.3) is 5.91 Å². The molecular formula is C12H16ClF3N2OS. The van der Waals surface area contributed by atoms with Crippen molar-refractivity contribution in [3.8, 4) is 0 Å². The third-order valence-electron chi connectivity index (χ3n) is 2.36. The number of carbonyl (C=O) groups is 1. The Morgan fingerprint density at radius 3 is 2.35 bits per heavy atom. The van der Waals surface area contributed by atoms with Gasteiger partial charge < -0.3 is 11.1 Å². The number of halogens is 4. The van der Waals surface area contributed by atoms with Gasteiger partial charge in [-0.1, -0.05) is 6.92 Å². The van der Waals surface area contributed by atoms with Crippen LogP contribution in [0.4, 0.5) is 13.2 Å². The average Bonchev–Trinajstić information content (AvgIpc) is 2.34. The Labute approximate surface area is 125 Å². The molecule has 0 aromatic heterocycles. The van der Waals surface area contributed by atoms with E-state index in [4.69, 9.17) is 5.73 Å². The number of rotatable bonds is 5. The molecule has 0 heterocycles. The molecule has 0 spiro atoms. The maximum atomic E-state index is 12.1. The van der Waals surface area contributed by atoms with E-state index in [2.05, 4.69) is 5.32 Å². The van der Waals surface area contributed by atoms with Crippen LogP contribution in [0, 0.1) is 5.92 Å². The van der Waals surface area contributed by atoms with Crippen molar-refractivity contribution in [3.63, 3.8) is 0 Å².